The molecule has 1 amide bonds. The molecule has 164 valence electrons. The molecule has 1 aromatic heterocycles. The number of anilines is 1. The maximum absolute atomic E-state index is 13.3. The molecule has 2 aliphatic rings. The smallest absolute Gasteiger partial charge is 0.355 e. The van der Waals surface area contributed by atoms with Gasteiger partial charge in [0.1, 0.15) is 5.82 Å². The molecule has 2 saturated heterocycles. The average molecular weight is 435 g/mol. The highest BCUT2D eigenvalue weighted by molar-refractivity contribution is 5.85. The van der Waals surface area contributed by atoms with Crippen LogP contribution in [0.4, 0.5) is 19.0 Å². The fourth-order valence-corrected chi connectivity index (χ4v) is 4.29. The van der Waals surface area contributed by atoms with Gasteiger partial charge in [-0.2, -0.15) is 13.2 Å². The lowest BCUT2D eigenvalue weighted by atomic mass is 9.91. The molecule has 5 nitrogen and oxygen atoms in total. The van der Waals surface area contributed by atoms with Crippen LogP contribution in [0, 0.1) is 11.8 Å². The summed E-state index contributed by atoms with van der Waals surface area (Å²) in [6.07, 6.45) is 1.48. The highest BCUT2D eigenvalue weighted by atomic mass is 35.5. The van der Waals surface area contributed by atoms with Gasteiger partial charge in [-0.05, 0) is 63.7 Å². The summed E-state index contributed by atoms with van der Waals surface area (Å²) in [4.78, 5) is 20.5. The van der Waals surface area contributed by atoms with E-state index in [-0.39, 0.29) is 30.0 Å². The van der Waals surface area contributed by atoms with Gasteiger partial charge >= 0.3 is 6.18 Å². The first-order valence-electron chi connectivity index (χ1n) is 10.1. The summed E-state index contributed by atoms with van der Waals surface area (Å²) < 4.78 is 40.0. The van der Waals surface area contributed by atoms with E-state index < -0.39 is 11.7 Å². The predicted molar refractivity (Wildman–Crippen MR) is 109 cm³/mol. The second-order valence-corrected chi connectivity index (χ2v) is 7.82. The molecule has 3 rings (SSSR count). The maximum Gasteiger partial charge on any atom is 0.419 e. The molecule has 1 aromatic rings. The first-order chi connectivity index (χ1) is 13.4. The van der Waals surface area contributed by atoms with Gasteiger partial charge in [0.25, 0.3) is 0 Å². The summed E-state index contributed by atoms with van der Waals surface area (Å²) in [5.74, 6) is 0.410. The zero-order valence-electron chi connectivity index (χ0n) is 16.7. The fraction of sp³-hybridized carbons (Fsp3) is 0.700. The third-order valence-electron chi connectivity index (χ3n) is 5.89. The number of nitrogens with one attached hydrogen (secondary N) is 1. The van der Waals surface area contributed by atoms with Crippen molar-refractivity contribution in [2.24, 2.45) is 11.8 Å². The van der Waals surface area contributed by atoms with Crippen LogP contribution in [-0.2, 0) is 11.0 Å². The molecule has 2 fully saturated rings. The van der Waals surface area contributed by atoms with Gasteiger partial charge in [0.15, 0.2) is 0 Å². The highest BCUT2D eigenvalue weighted by Gasteiger charge is 2.38. The standard InChI is InChI=1S/C20H29F3N4O.ClH/c1-24-10-6-15-7-12-26(13-8-15)19(28)16-4-3-11-27(14-16)18-17(20(21,22)23)5-2-9-25-18;/h2,5,9,15-16,24H,3-4,6-8,10-14H2,1H3;1H. The molecular formula is C20H30ClF3N4O. The van der Waals surface area contributed by atoms with E-state index in [1.807, 2.05) is 11.9 Å². The number of amides is 1. The van der Waals surface area contributed by atoms with E-state index in [1.165, 1.54) is 12.3 Å². The Hall–Kier alpha value is -1.54. The monoisotopic (exact) mass is 434 g/mol. The zero-order chi connectivity index (χ0) is 20.1. The van der Waals surface area contributed by atoms with Crippen molar-refractivity contribution in [3.63, 3.8) is 0 Å². The number of hydrogen-bond acceptors (Lipinski definition) is 4. The van der Waals surface area contributed by atoms with Gasteiger partial charge in [-0.3, -0.25) is 4.79 Å². The van der Waals surface area contributed by atoms with E-state index in [2.05, 4.69) is 10.3 Å². The van der Waals surface area contributed by atoms with Crippen LogP contribution < -0.4 is 10.2 Å². The van der Waals surface area contributed by atoms with Crippen molar-refractivity contribution in [1.29, 1.82) is 0 Å². The molecule has 3 heterocycles. The van der Waals surface area contributed by atoms with Crippen molar-refractivity contribution in [3.8, 4) is 0 Å². The summed E-state index contributed by atoms with van der Waals surface area (Å²) in [6, 6.07) is 2.36. The van der Waals surface area contributed by atoms with Crippen LogP contribution in [-0.4, -0.2) is 55.6 Å². The SMILES string of the molecule is CNCCC1CCN(C(=O)C2CCCN(c3ncccc3C(F)(F)F)C2)CC1.Cl. The maximum atomic E-state index is 13.3. The molecule has 2 aliphatic heterocycles. The fourth-order valence-electron chi connectivity index (χ4n) is 4.29. The van der Waals surface area contributed by atoms with Crippen LogP contribution in [0.2, 0.25) is 0 Å². The van der Waals surface area contributed by atoms with E-state index in [9.17, 15) is 18.0 Å². The number of aromatic nitrogens is 1. The molecule has 0 spiro atoms. The largest absolute Gasteiger partial charge is 0.419 e. The molecule has 0 radical (unpaired) electrons. The van der Waals surface area contributed by atoms with Crippen molar-refractivity contribution in [1.82, 2.24) is 15.2 Å². The van der Waals surface area contributed by atoms with Crippen molar-refractivity contribution < 1.29 is 18.0 Å². The van der Waals surface area contributed by atoms with Gasteiger partial charge in [0.05, 0.1) is 11.5 Å². The number of alkyl halides is 3. The van der Waals surface area contributed by atoms with E-state index in [4.69, 9.17) is 0 Å². The normalized spacial score (nSPS) is 21.0. The molecule has 1 atom stereocenters. The molecule has 0 saturated carbocycles. The quantitative estimate of drug-likeness (QED) is 0.769. The Balaban J connectivity index is 0.00000300. The van der Waals surface area contributed by atoms with Gasteiger partial charge in [-0.15, -0.1) is 12.4 Å². The minimum Gasteiger partial charge on any atom is -0.355 e. The second kappa shape index (κ2) is 10.5. The second-order valence-electron chi connectivity index (χ2n) is 7.82. The molecule has 0 bridgehead atoms. The van der Waals surface area contributed by atoms with E-state index >= 15 is 0 Å². The van der Waals surface area contributed by atoms with Crippen LogP contribution in [0.1, 0.15) is 37.7 Å². The number of piperidine rings is 2. The molecule has 29 heavy (non-hydrogen) atoms. The van der Waals surface area contributed by atoms with Crippen LogP contribution >= 0.6 is 12.4 Å². The number of nitrogens with zero attached hydrogens (tertiary/aromatic N) is 3. The summed E-state index contributed by atoms with van der Waals surface area (Å²) in [5, 5.41) is 3.16. The first-order valence-corrected chi connectivity index (χ1v) is 10.1. The molecule has 1 N–H and O–H groups in total. The van der Waals surface area contributed by atoms with Gasteiger partial charge in [0, 0.05) is 32.4 Å². The minimum atomic E-state index is -4.45. The topological polar surface area (TPSA) is 48.5 Å². The number of halogens is 4. The van der Waals surface area contributed by atoms with Crippen molar-refractivity contribution >= 4 is 24.1 Å². The van der Waals surface area contributed by atoms with Crippen molar-refractivity contribution in [2.75, 3.05) is 44.7 Å². The summed E-state index contributed by atoms with van der Waals surface area (Å²) in [6.45, 7) is 3.29. The number of hydrogen-bond donors (Lipinski definition) is 1. The molecule has 0 aliphatic carbocycles. The number of carbonyl (C=O) groups is 1. The van der Waals surface area contributed by atoms with E-state index in [0.717, 1.165) is 51.4 Å². The lowest BCUT2D eigenvalue weighted by Crippen LogP contribution is -2.48. The van der Waals surface area contributed by atoms with Crippen LogP contribution in [0.25, 0.3) is 0 Å². The van der Waals surface area contributed by atoms with Crippen LogP contribution in [0.5, 0.6) is 0 Å². The first kappa shape index (κ1) is 23.7. The Kier molecular flexibility index (Phi) is 8.58. The molecule has 0 aromatic carbocycles. The Morgan fingerprint density at radius 2 is 1.97 bits per heavy atom. The number of likely N-dealkylation sites (tertiary alicyclic amines) is 1. The van der Waals surface area contributed by atoms with Gasteiger partial charge in [0.2, 0.25) is 5.91 Å². The third-order valence-corrected chi connectivity index (χ3v) is 5.89. The average Bonchev–Trinajstić information content (AvgIpc) is 2.71. The molecular weight excluding hydrogens is 405 g/mol. The Bertz CT molecular complexity index is 665. The minimum absolute atomic E-state index is 0. The van der Waals surface area contributed by atoms with Crippen molar-refractivity contribution in [2.45, 2.75) is 38.3 Å². The predicted octanol–water partition coefficient (Wildman–Crippen LogP) is 3.59. The van der Waals surface area contributed by atoms with Gasteiger partial charge in [-0.25, -0.2) is 4.98 Å². The summed E-state index contributed by atoms with van der Waals surface area (Å²) in [7, 11) is 1.94. The van der Waals surface area contributed by atoms with Gasteiger partial charge in [-0.1, -0.05) is 0 Å². The third kappa shape index (κ3) is 5.98. The Morgan fingerprint density at radius 3 is 2.62 bits per heavy atom. The van der Waals surface area contributed by atoms with E-state index in [1.54, 1.807) is 4.90 Å². The Morgan fingerprint density at radius 1 is 1.24 bits per heavy atom. The van der Waals surface area contributed by atoms with Gasteiger partial charge < -0.3 is 15.1 Å². The molecule has 9 heteroatoms. The van der Waals surface area contributed by atoms with Crippen LogP contribution in [0.15, 0.2) is 18.3 Å². The van der Waals surface area contributed by atoms with Crippen molar-refractivity contribution in [3.05, 3.63) is 23.9 Å². The van der Waals surface area contributed by atoms with E-state index in [0.29, 0.717) is 25.4 Å². The lowest BCUT2D eigenvalue weighted by Gasteiger charge is -2.38. The zero-order valence-corrected chi connectivity index (χ0v) is 17.6. The number of rotatable bonds is 5. The summed E-state index contributed by atoms with van der Waals surface area (Å²) >= 11 is 0. The number of carbonyl (C=O) groups excluding carboxylic acids is 1. The highest BCUT2D eigenvalue weighted by Crippen LogP contribution is 2.36. The Labute approximate surface area is 176 Å². The molecule has 1 unspecified atom stereocenters. The van der Waals surface area contributed by atoms with Crippen LogP contribution in [0.3, 0.4) is 0 Å². The lowest BCUT2D eigenvalue weighted by molar-refractivity contribution is -0.137. The number of pyridine rings is 1. The summed E-state index contributed by atoms with van der Waals surface area (Å²) in [5.41, 5.74) is -0.728.